The molecule has 2 aromatic carbocycles. The Balaban J connectivity index is 1.58. The topological polar surface area (TPSA) is 122 Å². The molecule has 0 aliphatic carbocycles. The average Bonchev–Trinajstić information content (AvgIpc) is 3.22. The molecule has 0 bridgehead atoms. The van der Waals surface area contributed by atoms with Gasteiger partial charge in [-0.2, -0.15) is 0 Å². The molecule has 2 aliphatic heterocycles. The average molecular weight is 495 g/mol. The summed E-state index contributed by atoms with van der Waals surface area (Å²) in [5.41, 5.74) is 0.348. The zero-order valence-electron chi connectivity index (χ0n) is 20.6. The van der Waals surface area contributed by atoms with E-state index in [1.54, 1.807) is 28.0 Å². The second-order valence-corrected chi connectivity index (χ2v) is 9.53. The zero-order valence-corrected chi connectivity index (χ0v) is 20.6. The van der Waals surface area contributed by atoms with Gasteiger partial charge in [-0.15, -0.1) is 0 Å². The number of carbonyl (C=O) groups excluding carboxylic acids is 3. The molecule has 36 heavy (non-hydrogen) atoms. The third kappa shape index (κ3) is 4.81. The summed E-state index contributed by atoms with van der Waals surface area (Å²) in [6, 6.07) is 12.0. The smallest absolute Gasteiger partial charge is 0.270 e. The number of aryl methyl sites for hydroxylation is 1. The summed E-state index contributed by atoms with van der Waals surface area (Å²) in [5.74, 6) is -0.885. The van der Waals surface area contributed by atoms with E-state index in [0.717, 1.165) is 5.56 Å². The minimum atomic E-state index is -1.03. The molecule has 190 valence electrons. The van der Waals surface area contributed by atoms with Crippen molar-refractivity contribution in [2.75, 3.05) is 19.7 Å². The number of ether oxygens (including phenoxy) is 1. The van der Waals surface area contributed by atoms with Crippen LogP contribution >= 0.6 is 0 Å². The number of carbonyl (C=O) groups is 3. The second-order valence-electron chi connectivity index (χ2n) is 9.53. The van der Waals surface area contributed by atoms with Crippen molar-refractivity contribution in [1.29, 1.82) is 0 Å². The normalized spacial score (nSPS) is 18.9. The monoisotopic (exact) mass is 494 g/mol. The maximum atomic E-state index is 13.8. The number of nitro benzene ring substituents is 1. The lowest BCUT2D eigenvalue weighted by Crippen LogP contribution is -2.60. The van der Waals surface area contributed by atoms with E-state index in [2.05, 4.69) is 5.32 Å². The number of nitrogens with one attached hydrogen (secondary N) is 1. The molecule has 0 radical (unpaired) electrons. The minimum absolute atomic E-state index is 0.0645. The molecule has 0 unspecified atom stereocenters. The van der Waals surface area contributed by atoms with E-state index < -0.39 is 16.7 Å². The van der Waals surface area contributed by atoms with Crippen LogP contribution in [0.1, 0.15) is 53.0 Å². The number of benzene rings is 2. The Bertz CT molecular complexity index is 1190. The fraction of sp³-hybridized carbons (Fsp3) is 0.423. The van der Waals surface area contributed by atoms with E-state index in [1.807, 2.05) is 32.9 Å². The Morgan fingerprint density at radius 3 is 2.42 bits per heavy atom. The van der Waals surface area contributed by atoms with Crippen LogP contribution in [0.15, 0.2) is 48.5 Å². The number of piperidine rings is 1. The van der Waals surface area contributed by atoms with Gasteiger partial charge in [0.25, 0.3) is 17.5 Å². The first-order chi connectivity index (χ1) is 17.1. The summed E-state index contributed by atoms with van der Waals surface area (Å²) in [4.78, 5) is 53.7. The number of hydrogen-bond donors (Lipinski definition) is 1. The molecule has 3 amide bonds. The molecule has 1 spiro atoms. The molecule has 0 aromatic heterocycles. The van der Waals surface area contributed by atoms with Crippen molar-refractivity contribution in [1.82, 2.24) is 15.1 Å². The molecule has 2 aliphatic rings. The fourth-order valence-electron chi connectivity index (χ4n) is 4.88. The number of rotatable bonds is 5. The van der Waals surface area contributed by atoms with Gasteiger partial charge in [-0.1, -0.05) is 24.3 Å². The first-order valence-corrected chi connectivity index (χ1v) is 12.0. The van der Waals surface area contributed by atoms with Crippen LogP contribution in [0.5, 0.6) is 0 Å². The van der Waals surface area contributed by atoms with Crippen LogP contribution < -0.4 is 5.32 Å². The Hall–Kier alpha value is -3.79. The van der Waals surface area contributed by atoms with E-state index in [1.165, 1.54) is 18.2 Å². The first-order valence-electron chi connectivity index (χ1n) is 12.0. The predicted molar refractivity (Wildman–Crippen MR) is 131 cm³/mol. The van der Waals surface area contributed by atoms with Crippen molar-refractivity contribution >= 4 is 23.4 Å². The van der Waals surface area contributed by atoms with Gasteiger partial charge in [0.05, 0.1) is 11.5 Å². The molecule has 0 saturated carbocycles. The van der Waals surface area contributed by atoms with E-state index in [4.69, 9.17) is 4.74 Å². The van der Waals surface area contributed by atoms with E-state index in [9.17, 15) is 24.5 Å². The highest BCUT2D eigenvalue weighted by molar-refractivity contribution is 5.99. The van der Waals surface area contributed by atoms with Gasteiger partial charge in [0.2, 0.25) is 5.91 Å². The van der Waals surface area contributed by atoms with E-state index in [-0.39, 0.29) is 54.7 Å². The van der Waals surface area contributed by atoms with Gasteiger partial charge in [0.1, 0.15) is 11.8 Å². The molecule has 1 N–H and O–H groups in total. The summed E-state index contributed by atoms with van der Waals surface area (Å²) in [7, 11) is 0. The summed E-state index contributed by atoms with van der Waals surface area (Å²) in [6.07, 6.45) is 0.632. The maximum Gasteiger partial charge on any atom is 0.270 e. The van der Waals surface area contributed by atoms with Crippen LogP contribution in [0.2, 0.25) is 0 Å². The van der Waals surface area contributed by atoms with Gasteiger partial charge in [0.15, 0.2) is 0 Å². The molecule has 2 aromatic rings. The van der Waals surface area contributed by atoms with Crippen LogP contribution in [0, 0.1) is 17.0 Å². The fourth-order valence-corrected chi connectivity index (χ4v) is 4.88. The van der Waals surface area contributed by atoms with Gasteiger partial charge in [-0.25, -0.2) is 0 Å². The lowest BCUT2D eigenvalue weighted by atomic mass is 9.95. The number of amides is 3. The lowest BCUT2D eigenvalue weighted by Gasteiger charge is -2.44. The molecule has 2 saturated heterocycles. The third-order valence-corrected chi connectivity index (χ3v) is 6.72. The minimum Gasteiger partial charge on any atom is -0.353 e. The molecular weight excluding hydrogens is 464 g/mol. The quantitative estimate of drug-likeness (QED) is 0.504. The zero-order chi connectivity index (χ0) is 26.0. The van der Waals surface area contributed by atoms with Crippen molar-refractivity contribution in [3.05, 3.63) is 75.3 Å². The summed E-state index contributed by atoms with van der Waals surface area (Å²) in [6.45, 7) is 6.18. The lowest BCUT2D eigenvalue weighted by molar-refractivity contribution is -0.384. The molecule has 10 heteroatoms. The number of non-ortho nitro benzene ring substituents is 1. The molecule has 1 atom stereocenters. The Morgan fingerprint density at radius 2 is 1.78 bits per heavy atom. The van der Waals surface area contributed by atoms with Crippen LogP contribution in [0.4, 0.5) is 5.69 Å². The number of nitro groups is 1. The van der Waals surface area contributed by atoms with Crippen molar-refractivity contribution in [2.45, 2.75) is 51.4 Å². The summed E-state index contributed by atoms with van der Waals surface area (Å²) < 4.78 is 6.19. The van der Waals surface area contributed by atoms with Crippen LogP contribution in [0.3, 0.4) is 0 Å². The van der Waals surface area contributed by atoms with E-state index >= 15 is 0 Å². The van der Waals surface area contributed by atoms with Crippen molar-refractivity contribution in [3.63, 3.8) is 0 Å². The Labute approximate surface area is 209 Å². The molecular formula is C26H30N4O6. The molecule has 10 nitrogen and oxygen atoms in total. The van der Waals surface area contributed by atoms with E-state index in [0.29, 0.717) is 18.4 Å². The highest BCUT2D eigenvalue weighted by Crippen LogP contribution is 2.39. The van der Waals surface area contributed by atoms with Crippen molar-refractivity contribution < 1.29 is 24.0 Å². The maximum absolute atomic E-state index is 13.8. The van der Waals surface area contributed by atoms with Gasteiger partial charge < -0.3 is 15.0 Å². The first kappa shape index (κ1) is 25.3. The second kappa shape index (κ2) is 10.1. The Kier molecular flexibility index (Phi) is 7.07. The van der Waals surface area contributed by atoms with Crippen LogP contribution in [-0.4, -0.2) is 69.9 Å². The van der Waals surface area contributed by atoms with Crippen LogP contribution in [0.25, 0.3) is 0 Å². The largest absolute Gasteiger partial charge is 0.353 e. The summed E-state index contributed by atoms with van der Waals surface area (Å²) in [5, 5.41) is 14.0. The molecule has 2 heterocycles. The van der Waals surface area contributed by atoms with Gasteiger partial charge in [-0.05, 0) is 38.5 Å². The van der Waals surface area contributed by atoms with Gasteiger partial charge in [0, 0.05) is 55.2 Å². The SMILES string of the molecule is Cc1ccccc1C(=O)N1[C@H](C(=O)NC(C)C)COC12CCN(C(=O)c1cccc([N+](=O)[O-])c1)CC2. The van der Waals surface area contributed by atoms with Crippen molar-refractivity contribution in [3.8, 4) is 0 Å². The van der Waals surface area contributed by atoms with Gasteiger partial charge >= 0.3 is 0 Å². The number of likely N-dealkylation sites (tertiary alicyclic amines) is 1. The highest BCUT2D eigenvalue weighted by atomic mass is 16.6. The molecule has 4 rings (SSSR count). The third-order valence-electron chi connectivity index (χ3n) is 6.72. The summed E-state index contributed by atoms with van der Waals surface area (Å²) >= 11 is 0. The van der Waals surface area contributed by atoms with Crippen LogP contribution in [-0.2, 0) is 9.53 Å². The standard InChI is InChI=1S/C26H30N4O6/c1-17(2)27-23(31)22-16-36-26(29(22)25(33)21-10-5-4-7-18(21)3)11-13-28(14-12-26)24(32)19-8-6-9-20(15-19)30(34)35/h4-10,15,17,22H,11-14,16H2,1-3H3,(H,27,31)/t22-/m0/s1. The van der Waals surface area contributed by atoms with Gasteiger partial charge in [-0.3, -0.25) is 29.4 Å². The molecule has 2 fully saturated rings. The number of nitrogens with zero attached hydrogens (tertiary/aromatic N) is 3. The highest BCUT2D eigenvalue weighted by Gasteiger charge is 2.54. The van der Waals surface area contributed by atoms with Crippen molar-refractivity contribution in [2.24, 2.45) is 0 Å². The Morgan fingerprint density at radius 1 is 1.08 bits per heavy atom. The predicted octanol–water partition coefficient (Wildman–Crippen LogP) is 2.90. The number of hydrogen-bond acceptors (Lipinski definition) is 6.